The standard InChI is InChI=1S/C23H26O8/c1-10(24)30-13-7-22(2)12(5-6-14(22)25)16-18(13)23(3)15(9-28-4)31-21(27)11-8-29-20(17(11)23)19(16)26/h8,12-15,25H,5-7,9H2,1-4H3/t12-,13-,14-,15+,22-,23-/m0/s1. The number of allylic oxidation sites excluding steroid dienone is 1. The Morgan fingerprint density at radius 1 is 1.29 bits per heavy atom. The van der Waals surface area contributed by atoms with Crippen LogP contribution in [0.4, 0.5) is 0 Å². The average molecular weight is 430 g/mol. The number of furan rings is 1. The summed E-state index contributed by atoms with van der Waals surface area (Å²) >= 11 is 0. The number of aliphatic hydroxyl groups excluding tert-OH is 1. The first-order valence-electron chi connectivity index (χ1n) is 10.6. The van der Waals surface area contributed by atoms with E-state index < -0.39 is 41.1 Å². The first kappa shape index (κ1) is 20.5. The molecular weight excluding hydrogens is 404 g/mol. The Kier molecular flexibility index (Phi) is 4.31. The Bertz CT molecular complexity index is 1030. The number of hydrogen-bond donors (Lipinski definition) is 1. The lowest BCUT2D eigenvalue weighted by Gasteiger charge is -2.52. The van der Waals surface area contributed by atoms with Gasteiger partial charge in [-0.2, -0.15) is 0 Å². The second-order valence-corrected chi connectivity index (χ2v) is 9.52. The number of fused-ring (bicyclic) bond motifs is 3. The van der Waals surface area contributed by atoms with Crippen LogP contribution in [0.25, 0.3) is 0 Å². The molecule has 0 radical (unpaired) electrons. The van der Waals surface area contributed by atoms with Crippen molar-refractivity contribution in [3.63, 3.8) is 0 Å². The van der Waals surface area contributed by atoms with Crippen LogP contribution in [0.15, 0.2) is 21.8 Å². The molecule has 0 aromatic carbocycles. The highest BCUT2D eigenvalue weighted by molar-refractivity contribution is 6.13. The van der Waals surface area contributed by atoms with E-state index in [0.717, 1.165) is 0 Å². The van der Waals surface area contributed by atoms with Crippen molar-refractivity contribution in [2.75, 3.05) is 13.7 Å². The van der Waals surface area contributed by atoms with Crippen LogP contribution in [0.1, 0.15) is 66.5 Å². The largest absolute Gasteiger partial charge is 0.460 e. The van der Waals surface area contributed by atoms with Crippen molar-refractivity contribution in [3.8, 4) is 0 Å². The van der Waals surface area contributed by atoms with E-state index in [4.69, 9.17) is 18.6 Å². The molecule has 8 heteroatoms. The van der Waals surface area contributed by atoms with Crippen LogP contribution in [0, 0.1) is 11.3 Å². The van der Waals surface area contributed by atoms with Gasteiger partial charge < -0.3 is 23.7 Å². The van der Waals surface area contributed by atoms with Gasteiger partial charge in [-0.05, 0) is 37.7 Å². The number of methoxy groups -OCH3 is 1. The van der Waals surface area contributed by atoms with Gasteiger partial charge in [-0.3, -0.25) is 9.59 Å². The SMILES string of the molecule is COC[C@H]1OC(=O)c2coc3c2[C@@]1(C)C1=C(C3=O)[C@@H]2CC[C@H](O)[C@@]2(C)C[C@@H]1OC(C)=O. The molecule has 31 heavy (non-hydrogen) atoms. The molecule has 5 rings (SSSR count). The third-order valence-corrected chi connectivity index (χ3v) is 7.93. The number of hydrogen-bond acceptors (Lipinski definition) is 8. The van der Waals surface area contributed by atoms with E-state index in [2.05, 4.69) is 0 Å². The minimum absolute atomic E-state index is 0.106. The van der Waals surface area contributed by atoms with E-state index in [1.807, 2.05) is 13.8 Å². The summed E-state index contributed by atoms with van der Waals surface area (Å²) in [5, 5.41) is 10.8. The van der Waals surface area contributed by atoms with Crippen LogP contribution < -0.4 is 0 Å². The first-order valence-corrected chi connectivity index (χ1v) is 10.6. The summed E-state index contributed by atoms with van der Waals surface area (Å²) in [4.78, 5) is 38.4. The maximum Gasteiger partial charge on any atom is 0.342 e. The van der Waals surface area contributed by atoms with Gasteiger partial charge in [0.1, 0.15) is 24.0 Å². The zero-order valence-electron chi connectivity index (χ0n) is 18.0. The number of cyclic esters (lactones) is 1. The number of carbonyl (C=O) groups is 3. The average Bonchev–Trinajstić information content (AvgIpc) is 3.27. The Morgan fingerprint density at radius 3 is 2.71 bits per heavy atom. The van der Waals surface area contributed by atoms with Gasteiger partial charge in [0.25, 0.3) is 0 Å². The number of Topliss-reactive ketones (excluding diaryl/α,β-unsaturated/α-hetero) is 1. The number of ether oxygens (including phenoxy) is 3. The molecule has 1 aromatic rings. The quantitative estimate of drug-likeness (QED) is 0.727. The highest BCUT2D eigenvalue weighted by Gasteiger charge is 2.64. The molecule has 1 saturated carbocycles. The molecule has 0 spiro atoms. The summed E-state index contributed by atoms with van der Waals surface area (Å²) in [6.07, 6.45) is 0.787. The van der Waals surface area contributed by atoms with Crippen molar-refractivity contribution < 1.29 is 38.1 Å². The molecule has 2 heterocycles. The van der Waals surface area contributed by atoms with Gasteiger partial charge in [0.05, 0.1) is 18.1 Å². The lowest BCUT2D eigenvalue weighted by Crippen LogP contribution is -2.57. The molecule has 1 N–H and O–H groups in total. The normalized spacial score (nSPS) is 38.4. The molecule has 3 aliphatic carbocycles. The molecule has 1 aliphatic heterocycles. The molecule has 8 nitrogen and oxygen atoms in total. The molecule has 1 fully saturated rings. The number of esters is 2. The zero-order chi connectivity index (χ0) is 22.3. The van der Waals surface area contributed by atoms with Gasteiger partial charge in [-0.15, -0.1) is 0 Å². The predicted octanol–water partition coefficient (Wildman–Crippen LogP) is 2.33. The van der Waals surface area contributed by atoms with Crippen molar-refractivity contribution in [2.45, 2.75) is 63.8 Å². The topological polar surface area (TPSA) is 112 Å². The fourth-order valence-corrected chi connectivity index (χ4v) is 6.47. The summed E-state index contributed by atoms with van der Waals surface area (Å²) in [5.74, 6) is -1.43. The maximum atomic E-state index is 13.7. The van der Waals surface area contributed by atoms with E-state index in [0.29, 0.717) is 36.0 Å². The summed E-state index contributed by atoms with van der Waals surface area (Å²) in [6, 6.07) is 0. The van der Waals surface area contributed by atoms with Gasteiger partial charge in [-0.25, -0.2) is 4.79 Å². The third kappa shape index (κ3) is 2.46. The minimum Gasteiger partial charge on any atom is -0.460 e. The van der Waals surface area contributed by atoms with Gasteiger partial charge in [0.15, 0.2) is 5.76 Å². The molecule has 0 bridgehead atoms. The van der Waals surface area contributed by atoms with Crippen molar-refractivity contribution >= 4 is 17.7 Å². The van der Waals surface area contributed by atoms with Gasteiger partial charge in [0.2, 0.25) is 5.78 Å². The molecule has 6 atom stereocenters. The van der Waals surface area contributed by atoms with Crippen molar-refractivity contribution in [1.82, 2.24) is 0 Å². The van der Waals surface area contributed by atoms with Crippen LogP contribution in [0.5, 0.6) is 0 Å². The maximum absolute atomic E-state index is 13.7. The summed E-state index contributed by atoms with van der Waals surface area (Å²) < 4.78 is 22.5. The van der Waals surface area contributed by atoms with E-state index >= 15 is 0 Å². The number of carbonyl (C=O) groups excluding carboxylic acids is 3. The highest BCUT2D eigenvalue weighted by atomic mass is 16.6. The van der Waals surface area contributed by atoms with Crippen LogP contribution in [-0.4, -0.2) is 54.9 Å². The smallest absolute Gasteiger partial charge is 0.342 e. The van der Waals surface area contributed by atoms with E-state index in [1.165, 1.54) is 20.3 Å². The molecule has 0 saturated heterocycles. The number of aliphatic hydroxyl groups is 1. The Hall–Kier alpha value is -2.45. The molecule has 1 aromatic heterocycles. The fourth-order valence-electron chi connectivity index (χ4n) is 6.47. The fraction of sp³-hybridized carbons (Fsp3) is 0.609. The predicted molar refractivity (Wildman–Crippen MR) is 106 cm³/mol. The lowest BCUT2D eigenvalue weighted by molar-refractivity contribution is -0.149. The summed E-state index contributed by atoms with van der Waals surface area (Å²) in [7, 11) is 1.51. The van der Waals surface area contributed by atoms with E-state index in [9.17, 15) is 19.5 Å². The van der Waals surface area contributed by atoms with Gasteiger partial charge in [0, 0.05) is 30.6 Å². The van der Waals surface area contributed by atoms with Crippen LogP contribution in [-0.2, 0) is 24.4 Å². The molecule has 0 amide bonds. The molecular formula is C23H26O8. The zero-order valence-corrected chi connectivity index (χ0v) is 18.0. The number of ketones is 1. The minimum atomic E-state index is -0.959. The Labute approximate surface area is 179 Å². The second kappa shape index (κ2) is 6.53. The monoisotopic (exact) mass is 430 g/mol. The lowest BCUT2D eigenvalue weighted by atomic mass is 9.54. The summed E-state index contributed by atoms with van der Waals surface area (Å²) in [6.45, 7) is 5.28. The third-order valence-electron chi connectivity index (χ3n) is 7.93. The van der Waals surface area contributed by atoms with Crippen LogP contribution in [0.3, 0.4) is 0 Å². The van der Waals surface area contributed by atoms with Crippen molar-refractivity contribution in [2.24, 2.45) is 11.3 Å². The van der Waals surface area contributed by atoms with Gasteiger partial charge in [-0.1, -0.05) is 6.92 Å². The Morgan fingerprint density at radius 2 is 2.03 bits per heavy atom. The van der Waals surface area contributed by atoms with Crippen LogP contribution >= 0.6 is 0 Å². The molecule has 4 aliphatic rings. The van der Waals surface area contributed by atoms with Crippen molar-refractivity contribution in [1.29, 1.82) is 0 Å². The first-order chi connectivity index (χ1) is 14.6. The van der Waals surface area contributed by atoms with Crippen molar-refractivity contribution in [3.05, 3.63) is 34.3 Å². The number of rotatable bonds is 3. The van der Waals surface area contributed by atoms with Crippen LogP contribution in [0.2, 0.25) is 0 Å². The highest BCUT2D eigenvalue weighted by Crippen LogP contribution is 2.62. The Balaban J connectivity index is 1.81. The van der Waals surface area contributed by atoms with E-state index in [1.54, 1.807) is 0 Å². The second-order valence-electron chi connectivity index (χ2n) is 9.52. The summed E-state index contributed by atoms with van der Waals surface area (Å²) in [5.41, 5.74) is 0.292. The van der Waals surface area contributed by atoms with Gasteiger partial charge >= 0.3 is 11.9 Å². The molecule has 0 unspecified atom stereocenters. The molecule has 166 valence electrons. The van der Waals surface area contributed by atoms with E-state index in [-0.39, 0.29) is 29.6 Å².